The number of fused-ring (bicyclic) bond motifs is 5. The van der Waals surface area contributed by atoms with Crippen LogP contribution in [0.2, 0.25) is 0 Å². The highest BCUT2D eigenvalue weighted by molar-refractivity contribution is 6.12. The Labute approximate surface area is 624 Å². The van der Waals surface area contributed by atoms with E-state index >= 15 is 4.39 Å². The van der Waals surface area contributed by atoms with Gasteiger partial charge in [0.1, 0.15) is 31.8 Å². The number of imide groups is 1. The summed E-state index contributed by atoms with van der Waals surface area (Å²) in [7, 11) is 0. The molecule has 8 N–H and O–H groups in total. The second kappa shape index (κ2) is 42.6. The topological polar surface area (TPSA) is 406 Å². The molecule has 0 spiro atoms. The summed E-state index contributed by atoms with van der Waals surface area (Å²) < 4.78 is 72.0. The normalized spacial score (nSPS) is 17.9. The van der Waals surface area contributed by atoms with Crippen molar-refractivity contribution in [3.8, 4) is 11.4 Å². The number of nitrogens with zero attached hydrogens (tertiary/aromatic N) is 3. The number of rotatable bonds is 48. The van der Waals surface area contributed by atoms with Crippen LogP contribution in [-0.2, 0) is 127 Å². The van der Waals surface area contributed by atoms with Gasteiger partial charge in [-0.15, -0.1) is 0 Å². The number of aromatic nitrogens is 2. The van der Waals surface area contributed by atoms with E-state index in [1.54, 1.807) is 50.2 Å². The first-order chi connectivity index (χ1) is 52.3. The maximum atomic E-state index is 15.5. The van der Waals surface area contributed by atoms with Crippen LogP contribution in [0, 0.1) is 18.7 Å². The molecule has 2 aromatic carbocycles. The number of pyridine rings is 2. The molecule has 2 aromatic heterocycles. The number of hydrogen-bond donors (Lipinski definition) is 8. The van der Waals surface area contributed by atoms with Gasteiger partial charge in [-0.1, -0.05) is 43.7 Å². The van der Waals surface area contributed by atoms with Crippen molar-refractivity contribution in [3.63, 3.8) is 0 Å². The summed E-state index contributed by atoms with van der Waals surface area (Å²) in [6, 6.07) is 10.2. The quantitative estimate of drug-likeness (QED) is 0.0117. The van der Waals surface area contributed by atoms with Crippen LogP contribution in [0.4, 0.5) is 4.39 Å². The monoisotopic (exact) mass is 1510 g/mol. The number of aliphatic hydroxyl groups is 1. The average Bonchev–Trinajstić information content (AvgIpc) is 1.50. The van der Waals surface area contributed by atoms with E-state index < -0.39 is 84.2 Å². The van der Waals surface area contributed by atoms with Crippen LogP contribution >= 0.6 is 0 Å². The van der Waals surface area contributed by atoms with Crippen LogP contribution in [0.1, 0.15) is 116 Å². The van der Waals surface area contributed by atoms with Crippen LogP contribution in [0.25, 0.3) is 22.3 Å². The summed E-state index contributed by atoms with van der Waals surface area (Å²) in [6.07, 6.45) is 7.64. The van der Waals surface area contributed by atoms with Crippen LogP contribution in [0.5, 0.6) is 0 Å². The number of halogens is 1. The van der Waals surface area contributed by atoms with Crippen molar-refractivity contribution >= 4 is 70.0 Å². The third-order valence-electron chi connectivity index (χ3n) is 19.2. The number of ether oxygens (including phenoxy) is 10. The highest BCUT2D eigenvalue weighted by Crippen LogP contribution is 2.46. The van der Waals surface area contributed by atoms with E-state index in [4.69, 9.17) is 52.4 Å². The number of nitrogens with one attached hydrogen (secondary N) is 7. The van der Waals surface area contributed by atoms with E-state index in [0.717, 1.165) is 22.9 Å². The van der Waals surface area contributed by atoms with E-state index in [1.165, 1.54) is 27.7 Å². The summed E-state index contributed by atoms with van der Waals surface area (Å²) >= 11 is 0. The lowest BCUT2D eigenvalue weighted by atomic mass is 9.81. The lowest BCUT2D eigenvalue weighted by molar-refractivity contribution is -0.172. The molecule has 32 nitrogen and oxygen atoms in total. The molecule has 588 valence electrons. The van der Waals surface area contributed by atoms with Crippen molar-refractivity contribution in [1.82, 2.24) is 51.7 Å². The van der Waals surface area contributed by atoms with Gasteiger partial charge < -0.3 is 94.3 Å². The molecule has 4 aromatic rings. The molecule has 0 saturated heterocycles. The van der Waals surface area contributed by atoms with E-state index in [-0.39, 0.29) is 106 Å². The molecule has 1 fully saturated rings. The Morgan fingerprint density at radius 3 is 1.89 bits per heavy atom. The van der Waals surface area contributed by atoms with E-state index in [1.807, 2.05) is 0 Å². The third-order valence-corrected chi connectivity index (χ3v) is 19.2. The van der Waals surface area contributed by atoms with Gasteiger partial charge in [0.05, 0.1) is 160 Å². The van der Waals surface area contributed by atoms with Gasteiger partial charge in [0, 0.05) is 66.6 Å². The number of unbranched alkanes of at least 4 members (excludes halogenated alkanes) is 2. The van der Waals surface area contributed by atoms with Crippen LogP contribution < -0.4 is 42.8 Å². The first-order valence-corrected chi connectivity index (χ1v) is 36.9. The summed E-state index contributed by atoms with van der Waals surface area (Å²) in [6.45, 7) is 7.09. The second-order valence-electron chi connectivity index (χ2n) is 26.5. The zero-order chi connectivity index (χ0) is 76.8. The highest BCUT2D eigenvalue weighted by atomic mass is 19.1. The molecule has 5 aliphatic rings. The highest BCUT2D eigenvalue weighted by Gasteiger charge is 2.46. The lowest BCUT2D eigenvalue weighted by Gasteiger charge is -2.32. The number of hydrogen-bond acceptors (Lipinski definition) is 23. The van der Waals surface area contributed by atoms with Gasteiger partial charge in [-0.2, -0.15) is 0 Å². The van der Waals surface area contributed by atoms with E-state index in [0.29, 0.717) is 184 Å². The molecular formula is C75H99FN10O22. The van der Waals surface area contributed by atoms with Crippen molar-refractivity contribution in [3.05, 3.63) is 110 Å². The molecule has 1 saturated carbocycles. The lowest BCUT2D eigenvalue weighted by Crippen LogP contribution is -2.52. The summed E-state index contributed by atoms with van der Waals surface area (Å²) in [4.78, 5) is 147. The Bertz CT molecular complexity index is 3870. The molecule has 33 heteroatoms. The Hall–Kier alpha value is -9.03. The van der Waals surface area contributed by atoms with E-state index in [2.05, 4.69) is 37.2 Å². The Balaban J connectivity index is 0.555. The maximum Gasteiger partial charge on any atom is 0.343 e. The number of benzene rings is 2. The first-order valence-electron chi connectivity index (χ1n) is 36.9. The molecule has 3 atom stereocenters. The van der Waals surface area contributed by atoms with Crippen molar-refractivity contribution in [2.24, 2.45) is 5.92 Å². The van der Waals surface area contributed by atoms with Gasteiger partial charge in [-0.05, 0) is 93.0 Å². The predicted molar refractivity (Wildman–Crippen MR) is 383 cm³/mol. The molecule has 9 amide bonds. The molecule has 2 aliphatic carbocycles. The van der Waals surface area contributed by atoms with Crippen molar-refractivity contribution in [2.45, 2.75) is 128 Å². The Kier molecular flexibility index (Phi) is 32.8. The fraction of sp³-hybridized carbons (Fsp3) is 0.573. The largest absolute Gasteiger partial charge is 0.458 e. The summed E-state index contributed by atoms with van der Waals surface area (Å²) in [5.74, 6) is -5.65. The van der Waals surface area contributed by atoms with Gasteiger partial charge in [0.15, 0.2) is 5.60 Å². The molecule has 0 bridgehead atoms. The minimum Gasteiger partial charge on any atom is -0.458 e. The minimum absolute atomic E-state index is 0.0301. The van der Waals surface area contributed by atoms with Crippen LogP contribution in [-0.4, -0.2) is 236 Å². The number of cyclic esters (lactones) is 1. The number of aryl methyl sites for hydroxylation is 1. The second-order valence-corrected chi connectivity index (χ2v) is 26.5. The Morgan fingerprint density at radius 1 is 0.657 bits per heavy atom. The van der Waals surface area contributed by atoms with E-state index in [9.17, 15) is 57.8 Å². The zero-order valence-corrected chi connectivity index (χ0v) is 61.2. The molecule has 108 heavy (non-hydrogen) atoms. The molecule has 9 rings (SSSR count). The number of carbonyl (C=O) groups excluding carboxylic acids is 10. The van der Waals surface area contributed by atoms with Gasteiger partial charge in [0.2, 0.25) is 41.4 Å². The SMILES string of the molecule is CC[C@@]1(O)C(=O)OCc2c1cc1n(c2=O)Cc2c-1nc1cc(F)c(C)c3c1c2[C@@H](NC(=O)C1CCC(OCNC(=O)CNC(=O)[C@H](Cc2ccccc2)NC(=O)CNC(=O)CNC(=O)COCCOCCOCCOCCOCCOCCOCCOCCNC(=O)CCCCCN2C(=O)C=CC2=O)CC1)CC3. The fourth-order valence-corrected chi connectivity index (χ4v) is 13.3. The number of esters is 1. The molecule has 3 aliphatic heterocycles. The number of carbonyl (C=O) groups is 10. The van der Waals surface area contributed by atoms with Crippen molar-refractivity contribution in [2.75, 3.05) is 145 Å². The van der Waals surface area contributed by atoms with Crippen LogP contribution in [0.15, 0.2) is 59.4 Å². The standard InChI is InChI=1S/C75H99FN10O22/c1-3-75(98)55-39-60-70-53(44-86(60)73(96)54(55)45-107-74(75)97)69-57(18-17-52-48(2)56(76)40-58(83-70)68(52)69)84-71(94)50-13-15-51(16-14-50)108-47-81-63(89)42-80-72(95)59(38-49-10-6-4-7-11-49)82-64(90)43-78-62(88)41-79-65(91)46-106-37-36-105-35-34-104-33-32-103-31-30-102-29-28-101-27-26-100-25-24-99-23-21-77-61(87)12-8-5-9-22-85-66(92)19-20-67(85)93/h4,6-7,10-11,19-20,39-40,50-51,57,59,98H,3,5,8-9,12-18,21-38,41-47H2,1-2H3,(H,77,87)(H,78,88)(H,79,91)(H,80,95)(H,81,89)(H,82,90)(H,84,94)/t50?,51?,57-,59-,75-/m0/s1. The van der Waals surface area contributed by atoms with Gasteiger partial charge in [0.25, 0.3) is 17.4 Å². The summed E-state index contributed by atoms with van der Waals surface area (Å²) in [5.41, 5.74) is 2.46. The van der Waals surface area contributed by atoms with Gasteiger partial charge >= 0.3 is 5.97 Å². The predicted octanol–water partition coefficient (Wildman–Crippen LogP) is 1.09. The molecule has 5 heterocycles. The van der Waals surface area contributed by atoms with Gasteiger partial charge in [-0.3, -0.25) is 52.8 Å². The first kappa shape index (κ1) is 83.0. The maximum absolute atomic E-state index is 15.5. The molecular weight excluding hydrogens is 1410 g/mol. The Morgan fingerprint density at radius 2 is 1.25 bits per heavy atom. The number of amides is 9. The fourth-order valence-electron chi connectivity index (χ4n) is 13.3. The molecule has 0 unspecified atom stereocenters. The minimum atomic E-state index is -2.03. The van der Waals surface area contributed by atoms with Crippen molar-refractivity contribution < 1.29 is 105 Å². The van der Waals surface area contributed by atoms with Crippen LogP contribution in [0.3, 0.4) is 0 Å². The average molecular weight is 1510 g/mol. The summed E-state index contributed by atoms with van der Waals surface area (Å²) in [5, 5.41) is 30.9. The third kappa shape index (κ3) is 24.0. The zero-order valence-electron chi connectivity index (χ0n) is 61.2. The smallest absolute Gasteiger partial charge is 0.343 e. The van der Waals surface area contributed by atoms with Crippen molar-refractivity contribution in [1.29, 1.82) is 0 Å². The van der Waals surface area contributed by atoms with Gasteiger partial charge in [-0.25, -0.2) is 14.2 Å². The molecule has 0 radical (unpaired) electrons.